The Balaban J connectivity index is 1.93. The van der Waals surface area contributed by atoms with Gasteiger partial charge >= 0.3 is 0 Å². The Morgan fingerprint density at radius 3 is 2.38 bits per heavy atom. The van der Waals surface area contributed by atoms with Crippen molar-refractivity contribution in [2.24, 2.45) is 11.8 Å². The second-order valence-electron chi connectivity index (χ2n) is 7.98. The predicted molar refractivity (Wildman–Crippen MR) is 124 cm³/mol. The molecule has 172 valence electrons. The van der Waals surface area contributed by atoms with E-state index in [1.807, 2.05) is 6.92 Å². The molecule has 2 aliphatic rings. The molecule has 0 aliphatic heterocycles. The van der Waals surface area contributed by atoms with Gasteiger partial charge in [0.15, 0.2) is 32.9 Å². The number of ketones is 3. The number of carbonyl (C=O) groups is 3. The number of rotatable bonds is 9. The number of thioether (sulfide) groups is 1. The first-order chi connectivity index (χ1) is 15.1. The van der Waals surface area contributed by atoms with Gasteiger partial charge in [-0.15, -0.1) is 6.42 Å². The van der Waals surface area contributed by atoms with Crippen molar-refractivity contribution in [2.45, 2.75) is 49.2 Å². The Bertz CT molecular complexity index is 1080. The Kier molecular flexibility index (Phi) is 7.43. The third-order valence-corrected chi connectivity index (χ3v) is 9.79. The molecule has 0 spiro atoms. The van der Waals surface area contributed by atoms with Gasteiger partial charge in [-0.3, -0.25) is 14.4 Å². The second kappa shape index (κ2) is 9.58. The highest BCUT2D eigenvalue weighted by Crippen LogP contribution is 2.57. The van der Waals surface area contributed by atoms with Crippen LogP contribution in [0.25, 0.3) is 0 Å². The van der Waals surface area contributed by atoms with Crippen molar-refractivity contribution in [3.63, 3.8) is 0 Å². The number of terminal acetylenes is 1. The lowest BCUT2D eigenvalue weighted by Crippen LogP contribution is -2.42. The van der Waals surface area contributed by atoms with E-state index >= 15 is 0 Å². The lowest BCUT2D eigenvalue weighted by Gasteiger charge is -2.31. The molecule has 0 unspecified atom stereocenters. The highest BCUT2D eigenvalue weighted by Gasteiger charge is 2.54. The van der Waals surface area contributed by atoms with Gasteiger partial charge in [0.25, 0.3) is 0 Å². The summed E-state index contributed by atoms with van der Waals surface area (Å²) in [5.41, 5.74) is -0.122. The summed E-state index contributed by atoms with van der Waals surface area (Å²) in [6.07, 6.45) is 7.52. The standard InChI is InChI=1S/C23H25ClO6S2/c1-4-11-30-22-18(32(28,29)6-3)8-7-15(20(22)24)21(27)19-16(25)12-14(13-17(19)26)23(9-10-23)31-5-2/h1,7-8,14,19H,5-6,9-13H2,2-3H3. The second-order valence-corrected chi connectivity index (χ2v) is 12.3. The Labute approximate surface area is 197 Å². The first kappa shape index (κ1) is 24.8. The van der Waals surface area contributed by atoms with E-state index in [0.717, 1.165) is 18.6 Å². The fourth-order valence-electron chi connectivity index (χ4n) is 4.25. The number of hydrogen-bond acceptors (Lipinski definition) is 7. The van der Waals surface area contributed by atoms with Gasteiger partial charge in [0.2, 0.25) is 0 Å². The number of benzene rings is 1. The molecular formula is C23H25ClO6S2. The van der Waals surface area contributed by atoms with Crippen molar-refractivity contribution >= 4 is 50.5 Å². The minimum Gasteiger partial charge on any atom is -0.478 e. The van der Waals surface area contributed by atoms with Crippen molar-refractivity contribution in [1.29, 1.82) is 0 Å². The quantitative estimate of drug-likeness (QED) is 0.291. The van der Waals surface area contributed by atoms with Crippen LogP contribution in [-0.2, 0) is 19.4 Å². The first-order valence-corrected chi connectivity index (χ1v) is 13.5. The summed E-state index contributed by atoms with van der Waals surface area (Å²) >= 11 is 8.15. The van der Waals surface area contributed by atoms with E-state index in [-0.39, 0.29) is 57.1 Å². The van der Waals surface area contributed by atoms with Crippen LogP contribution in [0, 0.1) is 24.2 Å². The summed E-state index contributed by atoms with van der Waals surface area (Å²) in [7, 11) is -3.72. The van der Waals surface area contributed by atoms with E-state index in [2.05, 4.69) is 5.92 Å². The zero-order chi connectivity index (χ0) is 23.7. The number of halogens is 1. The molecule has 2 saturated carbocycles. The zero-order valence-corrected chi connectivity index (χ0v) is 20.4. The SMILES string of the molecule is C#CCOc1c(S(=O)(=O)CC)ccc(C(=O)C2C(=O)CC(C3(SCC)CC3)CC2=O)c1Cl. The van der Waals surface area contributed by atoms with Crippen LogP contribution in [0.5, 0.6) is 5.75 Å². The van der Waals surface area contributed by atoms with E-state index in [1.165, 1.54) is 19.1 Å². The average molecular weight is 497 g/mol. The predicted octanol–water partition coefficient (Wildman–Crippen LogP) is 3.78. The highest BCUT2D eigenvalue weighted by atomic mass is 35.5. The molecule has 9 heteroatoms. The molecule has 0 heterocycles. The number of Topliss-reactive ketones (excluding diaryl/α,β-unsaturated/α-hetero) is 3. The molecule has 2 aliphatic carbocycles. The summed E-state index contributed by atoms with van der Waals surface area (Å²) in [6, 6.07) is 2.44. The molecule has 0 bridgehead atoms. The molecule has 0 aromatic heterocycles. The molecule has 2 fully saturated rings. The maximum absolute atomic E-state index is 13.2. The molecule has 3 rings (SSSR count). The fraction of sp³-hybridized carbons (Fsp3) is 0.522. The molecule has 32 heavy (non-hydrogen) atoms. The van der Waals surface area contributed by atoms with Crippen LogP contribution in [0.4, 0.5) is 0 Å². The van der Waals surface area contributed by atoms with E-state index in [0.29, 0.717) is 0 Å². The normalized spacial score (nSPS) is 22.3. The van der Waals surface area contributed by atoms with Crippen LogP contribution in [0.2, 0.25) is 5.02 Å². The van der Waals surface area contributed by atoms with Gasteiger partial charge in [-0.1, -0.05) is 31.4 Å². The molecule has 0 saturated heterocycles. The molecule has 1 aromatic carbocycles. The van der Waals surface area contributed by atoms with Gasteiger partial charge in [-0.2, -0.15) is 11.8 Å². The first-order valence-electron chi connectivity index (χ1n) is 10.5. The third-order valence-electron chi connectivity index (χ3n) is 6.06. The lowest BCUT2D eigenvalue weighted by atomic mass is 9.74. The minimum absolute atomic E-state index is 0.0296. The van der Waals surface area contributed by atoms with Crippen LogP contribution in [-0.4, -0.2) is 48.6 Å². The monoisotopic (exact) mass is 496 g/mol. The number of carbonyl (C=O) groups excluding carboxylic acids is 3. The number of ether oxygens (including phenoxy) is 1. The summed E-state index contributed by atoms with van der Waals surface area (Å²) in [5, 5.41) is -0.261. The van der Waals surface area contributed by atoms with Crippen LogP contribution in [0.3, 0.4) is 0 Å². The Hall–Kier alpha value is -1.82. The van der Waals surface area contributed by atoms with Crippen molar-refractivity contribution in [2.75, 3.05) is 18.1 Å². The van der Waals surface area contributed by atoms with Crippen molar-refractivity contribution in [1.82, 2.24) is 0 Å². The topological polar surface area (TPSA) is 94.6 Å². The Morgan fingerprint density at radius 1 is 1.25 bits per heavy atom. The summed E-state index contributed by atoms with van der Waals surface area (Å²) in [6.45, 7) is 3.25. The fourth-order valence-corrected chi connectivity index (χ4v) is 7.02. The van der Waals surface area contributed by atoms with Gasteiger partial charge in [0.1, 0.15) is 17.4 Å². The van der Waals surface area contributed by atoms with Gasteiger partial charge < -0.3 is 4.74 Å². The maximum atomic E-state index is 13.2. The van der Waals surface area contributed by atoms with Gasteiger partial charge in [-0.05, 0) is 36.6 Å². The van der Waals surface area contributed by atoms with Crippen molar-refractivity contribution in [3.8, 4) is 18.1 Å². The van der Waals surface area contributed by atoms with Crippen LogP contribution >= 0.6 is 23.4 Å². The molecule has 0 amide bonds. The smallest absolute Gasteiger partial charge is 0.182 e. The summed E-state index contributed by atoms with van der Waals surface area (Å²) in [4.78, 5) is 38.8. The van der Waals surface area contributed by atoms with Crippen LogP contribution < -0.4 is 4.74 Å². The summed E-state index contributed by atoms with van der Waals surface area (Å²) in [5.74, 6) is -0.345. The zero-order valence-electron chi connectivity index (χ0n) is 18.0. The number of sulfone groups is 1. The molecule has 6 nitrogen and oxygen atoms in total. The Morgan fingerprint density at radius 2 is 1.88 bits per heavy atom. The highest BCUT2D eigenvalue weighted by molar-refractivity contribution is 8.00. The van der Waals surface area contributed by atoms with Gasteiger partial charge in [0, 0.05) is 23.2 Å². The molecule has 1 aromatic rings. The maximum Gasteiger partial charge on any atom is 0.182 e. The minimum atomic E-state index is -3.72. The number of hydrogen-bond donors (Lipinski definition) is 0. The average Bonchev–Trinajstić information content (AvgIpc) is 3.53. The molecule has 0 radical (unpaired) electrons. The lowest BCUT2D eigenvalue weighted by molar-refractivity contribution is -0.135. The van der Waals surface area contributed by atoms with E-state index < -0.39 is 33.1 Å². The van der Waals surface area contributed by atoms with E-state index in [9.17, 15) is 22.8 Å². The van der Waals surface area contributed by atoms with Gasteiger partial charge in [-0.25, -0.2) is 8.42 Å². The van der Waals surface area contributed by atoms with Crippen molar-refractivity contribution < 1.29 is 27.5 Å². The third kappa shape index (κ3) is 4.61. The molecule has 0 N–H and O–H groups in total. The molecular weight excluding hydrogens is 472 g/mol. The summed E-state index contributed by atoms with van der Waals surface area (Å²) < 4.78 is 30.2. The largest absolute Gasteiger partial charge is 0.478 e. The van der Waals surface area contributed by atoms with Crippen LogP contribution in [0.15, 0.2) is 17.0 Å². The van der Waals surface area contributed by atoms with E-state index in [1.54, 1.807) is 11.8 Å². The van der Waals surface area contributed by atoms with E-state index in [4.69, 9.17) is 22.8 Å². The molecule has 0 atom stereocenters. The van der Waals surface area contributed by atoms with Crippen molar-refractivity contribution in [3.05, 3.63) is 22.7 Å². The van der Waals surface area contributed by atoms with Crippen LogP contribution in [0.1, 0.15) is 49.9 Å². The van der Waals surface area contributed by atoms with Gasteiger partial charge in [0.05, 0.1) is 10.8 Å².